The summed E-state index contributed by atoms with van der Waals surface area (Å²) in [4.78, 5) is 25.3. The summed E-state index contributed by atoms with van der Waals surface area (Å²) in [6.45, 7) is 0.732. The average Bonchev–Trinajstić information content (AvgIpc) is 3.13. The zero-order chi connectivity index (χ0) is 16.9. The predicted octanol–water partition coefficient (Wildman–Crippen LogP) is 2.54. The minimum atomic E-state index is -0.637. The fraction of sp³-hybridized carbons (Fsp3) is 0.278. The third-order valence-corrected chi connectivity index (χ3v) is 5.23. The standard InChI is InChI=1S/C18H17N3O3/c1-20-15-5-3-2-4-14(15)18(17(20)22)10-11-19-16(18)12-6-8-13(9-7-12)21(23)24/h2-9,16,19H,10-11H2,1H3. The number of amides is 1. The van der Waals surface area contributed by atoms with Crippen LogP contribution in [0.3, 0.4) is 0 Å². The first-order valence-corrected chi connectivity index (χ1v) is 7.91. The molecule has 6 heteroatoms. The molecular formula is C18H17N3O3. The summed E-state index contributed by atoms with van der Waals surface area (Å²) in [7, 11) is 1.81. The Morgan fingerprint density at radius 3 is 2.62 bits per heavy atom. The summed E-state index contributed by atoms with van der Waals surface area (Å²) in [6, 6.07) is 14.2. The Bertz CT molecular complexity index is 834. The third kappa shape index (κ3) is 1.83. The number of nitrogens with one attached hydrogen (secondary N) is 1. The molecule has 1 spiro atoms. The Balaban J connectivity index is 1.83. The SMILES string of the molecule is CN1C(=O)C2(CCNC2c2ccc([N+](=O)[O-])cc2)c2ccccc21. The molecule has 4 rings (SSSR count). The quantitative estimate of drug-likeness (QED) is 0.681. The normalized spacial score (nSPS) is 25.3. The summed E-state index contributed by atoms with van der Waals surface area (Å²) in [5.41, 5.74) is 2.29. The lowest BCUT2D eigenvalue weighted by Gasteiger charge is -2.30. The number of carbonyl (C=O) groups excluding carboxylic acids is 1. The molecule has 2 aliphatic heterocycles. The van der Waals surface area contributed by atoms with Gasteiger partial charge in [0.1, 0.15) is 0 Å². The van der Waals surface area contributed by atoms with Crippen LogP contribution in [0.25, 0.3) is 0 Å². The molecule has 1 saturated heterocycles. The molecule has 1 fully saturated rings. The van der Waals surface area contributed by atoms with Crippen molar-refractivity contribution < 1.29 is 9.72 Å². The van der Waals surface area contributed by atoms with Crippen molar-refractivity contribution in [2.75, 3.05) is 18.5 Å². The van der Waals surface area contributed by atoms with Crippen molar-refractivity contribution in [3.63, 3.8) is 0 Å². The Morgan fingerprint density at radius 1 is 1.21 bits per heavy atom. The number of carbonyl (C=O) groups is 1. The highest BCUT2D eigenvalue weighted by atomic mass is 16.6. The van der Waals surface area contributed by atoms with E-state index in [0.29, 0.717) is 0 Å². The highest BCUT2D eigenvalue weighted by Gasteiger charge is 2.57. The second-order valence-corrected chi connectivity index (χ2v) is 6.34. The number of rotatable bonds is 2. The van der Waals surface area contributed by atoms with Crippen LogP contribution < -0.4 is 10.2 Å². The van der Waals surface area contributed by atoms with E-state index in [1.165, 1.54) is 12.1 Å². The zero-order valence-electron chi connectivity index (χ0n) is 13.2. The maximum atomic E-state index is 13.1. The van der Waals surface area contributed by atoms with Crippen molar-refractivity contribution in [1.29, 1.82) is 0 Å². The van der Waals surface area contributed by atoms with Crippen molar-refractivity contribution in [2.24, 2.45) is 0 Å². The number of hydrogen-bond acceptors (Lipinski definition) is 4. The van der Waals surface area contributed by atoms with E-state index < -0.39 is 10.3 Å². The van der Waals surface area contributed by atoms with Gasteiger partial charge in [-0.15, -0.1) is 0 Å². The first-order valence-electron chi connectivity index (χ1n) is 7.91. The molecule has 2 aromatic carbocycles. The molecule has 2 aliphatic rings. The van der Waals surface area contributed by atoms with Crippen molar-refractivity contribution in [2.45, 2.75) is 17.9 Å². The molecular weight excluding hydrogens is 306 g/mol. The minimum Gasteiger partial charge on any atom is -0.314 e. The second kappa shape index (κ2) is 5.14. The van der Waals surface area contributed by atoms with Gasteiger partial charge in [-0.3, -0.25) is 14.9 Å². The second-order valence-electron chi connectivity index (χ2n) is 6.34. The molecule has 2 unspecified atom stereocenters. The third-order valence-electron chi connectivity index (χ3n) is 5.23. The van der Waals surface area contributed by atoms with Gasteiger partial charge in [0.25, 0.3) is 5.69 Å². The van der Waals surface area contributed by atoms with E-state index in [9.17, 15) is 14.9 Å². The Kier molecular flexibility index (Phi) is 3.18. The van der Waals surface area contributed by atoms with Gasteiger partial charge in [0.15, 0.2) is 0 Å². The molecule has 1 N–H and O–H groups in total. The topological polar surface area (TPSA) is 75.5 Å². The molecule has 24 heavy (non-hydrogen) atoms. The fourth-order valence-corrected chi connectivity index (χ4v) is 4.11. The summed E-state index contributed by atoms with van der Waals surface area (Å²) in [5, 5.41) is 14.3. The van der Waals surface area contributed by atoms with Gasteiger partial charge in [-0.25, -0.2) is 0 Å². The smallest absolute Gasteiger partial charge is 0.269 e. The van der Waals surface area contributed by atoms with Crippen LogP contribution in [-0.4, -0.2) is 24.4 Å². The Morgan fingerprint density at radius 2 is 1.92 bits per heavy atom. The first-order chi connectivity index (χ1) is 11.6. The van der Waals surface area contributed by atoms with Crippen LogP contribution in [0, 0.1) is 10.1 Å². The molecule has 122 valence electrons. The Labute approximate surface area is 139 Å². The largest absolute Gasteiger partial charge is 0.314 e. The van der Waals surface area contributed by atoms with Crippen LogP contribution >= 0.6 is 0 Å². The van der Waals surface area contributed by atoms with Gasteiger partial charge in [-0.1, -0.05) is 30.3 Å². The molecule has 2 heterocycles. The van der Waals surface area contributed by atoms with Gasteiger partial charge < -0.3 is 10.2 Å². The first kappa shape index (κ1) is 14.8. The highest BCUT2D eigenvalue weighted by Crippen LogP contribution is 2.52. The molecule has 2 atom stereocenters. The van der Waals surface area contributed by atoms with Crippen LogP contribution in [0.5, 0.6) is 0 Å². The van der Waals surface area contributed by atoms with E-state index in [4.69, 9.17) is 0 Å². The van der Waals surface area contributed by atoms with Gasteiger partial charge in [0, 0.05) is 24.9 Å². The van der Waals surface area contributed by atoms with E-state index in [2.05, 4.69) is 5.32 Å². The molecule has 0 aliphatic carbocycles. The Hall–Kier alpha value is -2.73. The van der Waals surface area contributed by atoms with E-state index in [1.807, 2.05) is 24.3 Å². The van der Waals surface area contributed by atoms with Gasteiger partial charge in [0.05, 0.1) is 16.4 Å². The maximum Gasteiger partial charge on any atom is 0.269 e. The average molecular weight is 323 g/mol. The molecule has 2 aromatic rings. The van der Waals surface area contributed by atoms with Crippen molar-refractivity contribution in [3.05, 3.63) is 69.8 Å². The number of hydrogen-bond donors (Lipinski definition) is 1. The lowest BCUT2D eigenvalue weighted by Crippen LogP contribution is -2.42. The number of anilines is 1. The van der Waals surface area contributed by atoms with E-state index in [-0.39, 0.29) is 17.6 Å². The molecule has 0 bridgehead atoms. The highest BCUT2D eigenvalue weighted by molar-refractivity contribution is 6.08. The van der Waals surface area contributed by atoms with E-state index in [1.54, 1.807) is 24.1 Å². The fourth-order valence-electron chi connectivity index (χ4n) is 4.11. The maximum absolute atomic E-state index is 13.1. The van der Waals surface area contributed by atoms with Gasteiger partial charge in [0.2, 0.25) is 5.91 Å². The number of nitro benzene ring substituents is 1. The molecule has 0 saturated carbocycles. The van der Waals surface area contributed by atoms with E-state index in [0.717, 1.165) is 29.8 Å². The van der Waals surface area contributed by atoms with Crippen LogP contribution in [0.1, 0.15) is 23.6 Å². The van der Waals surface area contributed by atoms with Crippen LogP contribution in [-0.2, 0) is 10.2 Å². The minimum absolute atomic E-state index is 0.0565. The monoisotopic (exact) mass is 323 g/mol. The van der Waals surface area contributed by atoms with E-state index >= 15 is 0 Å². The predicted molar refractivity (Wildman–Crippen MR) is 90.0 cm³/mol. The zero-order valence-corrected chi connectivity index (χ0v) is 13.2. The molecule has 1 amide bonds. The number of nitrogens with zero attached hydrogens (tertiary/aromatic N) is 2. The van der Waals surface area contributed by atoms with Crippen LogP contribution in [0.15, 0.2) is 48.5 Å². The summed E-state index contributed by atoms with van der Waals surface area (Å²) in [6.07, 6.45) is 0.717. The number of likely N-dealkylation sites (N-methyl/N-ethyl adjacent to an activating group) is 1. The lowest BCUT2D eigenvalue weighted by molar-refractivity contribution is -0.384. The van der Waals surface area contributed by atoms with Gasteiger partial charge >= 0.3 is 0 Å². The number of nitro groups is 1. The van der Waals surface area contributed by atoms with Gasteiger partial charge in [-0.2, -0.15) is 0 Å². The molecule has 0 aromatic heterocycles. The number of non-ortho nitro benzene ring substituents is 1. The molecule has 6 nitrogen and oxygen atoms in total. The van der Waals surface area contributed by atoms with Crippen LogP contribution in [0.4, 0.5) is 11.4 Å². The summed E-state index contributed by atoms with van der Waals surface area (Å²) >= 11 is 0. The van der Waals surface area contributed by atoms with Gasteiger partial charge in [-0.05, 0) is 30.2 Å². The molecule has 0 radical (unpaired) electrons. The van der Waals surface area contributed by atoms with Crippen LogP contribution in [0.2, 0.25) is 0 Å². The van der Waals surface area contributed by atoms with Crippen molar-refractivity contribution in [1.82, 2.24) is 5.32 Å². The van der Waals surface area contributed by atoms with Crippen molar-refractivity contribution in [3.8, 4) is 0 Å². The number of fused-ring (bicyclic) bond motifs is 2. The summed E-state index contributed by atoms with van der Waals surface area (Å²) in [5.74, 6) is 0.0806. The summed E-state index contributed by atoms with van der Waals surface area (Å²) < 4.78 is 0. The van der Waals surface area contributed by atoms with Crippen molar-refractivity contribution >= 4 is 17.3 Å². The lowest BCUT2D eigenvalue weighted by atomic mass is 9.73. The number of benzene rings is 2. The number of para-hydroxylation sites is 1.